The number of hydrogen-bond donors (Lipinski definition) is 1. The second-order valence-electron chi connectivity index (χ2n) is 3.98. The van der Waals surface area contributed by atoms with Crippen molar-refractivity contribution in [3.63, 3.8) is 0 Å². The van der Waals surface area contributed by atoms with Crippen LogP contribution in [0.15, 0.2) is 37.0 Å². The second-order valence-corrected chi connectivity index (χ2v) is 3.98. The summed E-state index contributed by atoms with van der Waals surface area (Å²) in [5.74, 6) is 0. The molecule has 1 unspecified atom stereocenters. The van der Waals surface area contributed by atoms with Crippen molar-refractivity contribution in [1.82, 2.24) is 10.2 Å². The summed E-state index contributed by atoms with van der Waals surface area (Å²) in [5, 5.41) is 3.51. The van der Waals surface area contributed by atoms with Crippen LogP contribution >= 0.6 is 0 Å². The van der Waals surface area contributed by atoms with Gasteiger partial charge in [0.15, 0.2) is 0 Å². The Kier molecular flexibility index (Phi) is 5.37. The molecular weight excluding hydrogens is 184 g/mol. The van der Waals surface area contributed by atoms with E-state index in [1.54, 1.807) is 0 Å². The van der Waals surface area contributed by atoms with Crippen LogP contribution in [0.25, 0.3) is 0 Å². The summed E-state index contributed by atoms with van der Waals surface area (Å²) in [7, 11) is 0. The lowest BCUT2D eigenvalue weighted by Crippen LogP contribution is -2.50. The van der Waals surface area contributed by atoms with Crippen LogP contribution < -0.4 is 5.32 Å². The third-order valence-corrected chi connectivity index (χ3v) is 2.83. The highest BCUT2D eigenvalue weighted by Crippen LogP contribution is 2.06. The van der Waals surface area contributed by atoms with Crippen molar-refractivity contribution in [2.45, 2.75) is 19.4 Å². The molecule has 0 aliphatic carbocycles. The average Bonchev–Trinajstić information content (AvgIpc) is 2.29. The molecule has 1 aliphatic rings. The van der Waals surface area contributed by atoms with Gasteiger partial charge in [0.05, 0.1) is 0 Å². The van der Waals surface area contributed by atoms with Crippen LogP contribution in [0.4, 0.5) is 0 Å². The van der Waals surface area contributed by atoms with Gasteiger partial charge in [0.2, 0.25) is 0 Å². The number of hydrogen-bond acceptors (Lipinski definition) is 2. The number of rotatable bonds is 5. The molecule has 0 saturated carbocycles. The molecule has 0 amide bonds. The highest BCUT2D eigenvalue weighted by atomic mass is 15.2. The molecule has 1 saturated heterocycles. The molecule has 0 spiro atoms. The molecule has 84 valence electrons. The first-order chi connectivity index (χ1) is 7.30. The zero-order valence-electron chi connectivity index (χ0n) is 9.71. The van der Waals surface area contributed by atoms with Gasteiger partial charge in [0.25, 0.3) is 0 Å². The van der Waals surface area contributed by atoms with Gasteiger partial charge >= 0.3 is 0 Å². The molecule has 1 aliphatic heterocycles. The molecule has 1 atom stereocenters. The van der Waals surface area contributed by atoms with Gasteiger partial charge in [-0.3, -0.25) is 4.90 Å². The summed E-state index contributed by atoms with van der Waals surface area (Å²) in [6.07, 6.45) is 6.99. The van der Waals surface area contributed by atoms with Crippen LogP contribution in [0.2, 0.25) is 0 Å². The summed E-state index contributed by atoms with van der Waals surface area (Å²) >= 11 is 0. The lowest BCUT2D eigenvalue weighted by molar-refractivity contribution is 0.212. The third kappa shape index (κ3) is 4.02. The van der Waals surface area contributed by atoms with Crippen molar-refractivity contribution < 1.29 is 0 Å². The molecule has 1 fully saturated rings. The maximum Gasteiger partial charge on any atom is 0.0234 e. The summed E-state index contributed by atoms with van der Waals surface area (Å²) in [6, 6.07) is 0.647. The monoisotopic (exact) mass is 206 g/mol. The summed E-state index contributed by atoms with van der Waals surface area (Å²) in [5.41, 5.74) is 1.25. The van der Waals surface area contributed by atoms with Crippen molar-refractivity contribution in [3.8, 4) is 0 Å². The van der Waals surface area contributed by atoms with Gasteiger partial charge in [0, 0.05) is 32.2 Å². The molecule has 15 heavy (non-hydrogen) atoms. The minimum absolute atomic E-state index is 0.647. The third-order valence-electron chi connectivity index (χ3n) is 2.83. The van der Waals surface area contributed by atoms with Crippen molar-refractivity contribution in [1.29, 1.82) is 0 Å². The van der Waals surface area contributed by atoms with Crippen LogP contribution in [0, 0.1) is 0 Å². The number of nitrogens with one attached hydrogen (secondary N) is 1. The fourth-order valence-electron chi connectivity index (χ4n) is 1.91. The highest BCUT2D eigenvalue weighted by molar-refractivity contribution is 5.22. The largest absolute Gasteiger partial charge is 0.311 e. The summed E-state index contributed by atoms with van der Waals surface area (Å²) < 4.78 is 0. The van der Waals surface area contributed by atoms with E-state index in [4.69, 9.17) is 0 Å². The molecule has 1 rings (SSSR count). The van der Waals surface area contributed by atoms with Crippen LogP contribution in [0.5, 0.6) is 0 Å². The first kappa shape index (κ1) is 12.2. The first-order valence-corrected chi connectivity index (χ1v) is 5.70. The molecule has 0 aromatic carbocycles. The van der Waals surface area contributed by atoms with Crippen LogP contribution in [0.1, 0.15) is 13.3 Å². The Hall–Kier alpha value is -0.860. The molecule has 1 N–H and O–H groups in total. The standard InChI is InChI=1S/C13H22N2/c1-4-7-12(5-2)10-15-9-8-14-13(6-3)11-15/h4-5,7,13-14H,1-2,6,8-11H2,3H3/b12-7+. The van der Waals surface area contributed by atoms with E-state index < -0.39 is 0 Å². The molecule has 0 bridgehead atoms. The van der Waals surface area contributed by atoms with Gasteiger partial charge in [-0.1, -0.05) is 38.3 Å². The smallest absolute Gasteiger partial charge is 0.0234 e. The highest BCUT2D eigenvalue weighted by Gasteiger charge is 2.17. The zero-order chi connectivity index (χ0) is 11.1. The zero-order valence-corrected chi connectivity index (χ0v) is 9.71. The molecule has 0 aromatic heterocycles. The van der Waals surface area contributed by atoms with Crippen molar-refractivity contribution >= 4 is 0 Å². The quantitative estimate of drug-likeness (QED) is 0.692. The maximum absolute atomic E-state index is 3.83. The predicted octanol–water partition coefficient (Wildman–Crippen LogP) is 1.97. The Morgan fingerprint density at radius 1 is 1.53 bits per heavy atom. The topological polar surface area (TPSA) is 15.3 Å². The van der Waals surface area contributed by atoms with Gasteiger partial charge < -0.3 is 5.32 Å². The van der Waals surface area contributed by atoms with E-state index in [2.05, 4.69) is 30.3 Å². The first-order valence-electron chi connectivity index (χ1n) is 5.70. The minimum atomic E-state index is 0.647. The van der Waals surface area contributed by atoms with Crippen LogP contribution in [-0.4, -0.2) is 37.1 Å². The fraction of sp³-hybridized carbons (Fsp3) is 0.538. The van der Waals surface area contributed by atoms with E-state index >= 15 is 0 Å². The molecule has 2 heteroatoms. The van der Waals surface area contributed by atoms with Gasteiger partial charge in [-0.05, 0) is 12.0 Å². The van der Waals surface area contributed by atoms with Crippen LogP contribution in [-0.2, 0) is 0 Å². The molecular formula is C13H22N2. The van der Waals surface area contributed by atoms with E-state index in [-0.39, 0.29) is 0 Å². The number of allylic oxidation sites excluding steroid dienone is 2. The Morgan fingerprint density at radius 2 is 2.33 bits per heavy atom. The molecule has 0 aromatic rings. The molecule has 0 radical (unpaired) electrons. The van der Waals surface area contributed by atoms with Crippen LogP contribution in [0.3, 0.4) is 0 Å². The second kappa shape index (κ2) is 6.59. The van der Waals surface area contributed by atoms with Crippen molar-refractivity contribution in [3.05, 3.63) is 37.0 Å². The maximum atomic E-state index is 3.83. The number of nitrogens with zero attached hydrogens (tertiary/aromatic N) is 1. The lowest BCUT2D eigenvalue weighted by Gasteiger charge is -2.33. The molecule has 1 heterocycles. The van der Waals surface area contributed by atoms with Gasteiger partial charge in [0.1, 0.15) is 0 Å². The Balaban J connectivity index is 2.46. The van der Waals surface area contributed by atoms with Gasteiger partial charge in [-0.2, -0.15) is 0 Å². The Bertz CT molecular complexity index is 243. The minimum Gasteiger partial charge on any atom is -0.311 e. The molecule has 2 nitrogen and oxygen atoms in total. The summed E-state index contributed by atoms with van der Waals surface area (Å²) in [4.78, 5) is 2.47. The van der Waals surface area contributed by atoms with Gasteiger partial charge in [-0.25, -0.2) is 0 Å². The van der Waals surface area contributed by atoms with E-state index in [9.17, 15) is 0 Å². The van der Waals surface area contributed by atoms with E-state index in [1.165, 1.54) is 12.0 Å². The van der Waals surface area contributed by atoms with E-state index in [0.717, 1.165) is 26.2 Å². The van der Waals surface area contributed by atoms with Gasteiger partial charge in [-0.15, -0.1) is 0 Å². The lowest BCUT2D eigenvalue weighted by atomic mass is 10.1. The SMILES string of the molecule is C=C/C=C(\C=C)CN1CCNC(CC)C1. The van der Waals surface area contributed by atoms with Crippen molar-refractivity contribution in [2.24, 2.45) is 0 Å². The Labute approximate surface area is 93.4 Å². The van der Waals surface area contributed by atoms with E-state index in [1.807, 2.05) is 18.2 Å². The average molecular weight is 206 g/mol. The summed E-state index contributed by atoms with van der Waals surface area (Å²) in [6.45, 7) is 14.1. The number of piperazine rings is 1. The Morgan fingerprint density at radius 3 is 2.93 bits per heavy atom. The van der Waals surface area contributed by atoms with E-state index in [0.29, 0.717) is 6.04 Å². The van der Waals surface area contributed by atoms with Crippen molar-refractivity contribution in [2.75, 3.05) is 26.2 Å². The predicted molar refractivity (Wildman–Crippen MR) is 67.0 cm³/mol. The normalized spacial score (nSPS) is 23.8. The fourth-order valence-corrected chi connectivity index (χ4v) is 1.91.